The summed E-state index contributed by atoms with van der Waals surface area (Å²) in [5, 5.41) is -12.7. The quantitative estimate of drug-likeness (QED) is 0.575. The molecule has 0 aromatic carbocycles. The van der Waals surface area contributed by atoms with Crippen LogP contribution < -0.4 is 0 Å². The maximum atomic E-state index is 14.0. The number of rotatable bonds is 6. The SMILES string of the molecule is CCS(=O)(=O)C(F)(F)C(F)(F)C(F)(F)S(=O)(=O)N1CCN(C(C)=O)CC1. The highest BCUT2D eigenvalue weighted by molar-refractivity contribution is 7.92. The Morgan fingerprint density at radius 2 is 1.31 bits per heavy atom. The van der Waals surface area contributed by atoms with E-state index in [0.717, 1.165) is 11.8 Å². The average molecular weight is 434 g/mol. The minimum absolute atomic E-state index is 0.172. The molecule has 1 heterocycles. The molecule has 0 atom stereocenters. The number of hydrogen-bond acceptors (Lipinski definition) is 5. The molecule has 154 valence electrons. The highest BCUT2D eigenvalue weighted by Gasteiger charge is 2.82. The van der Waals surface area contributed by atoms with E-state index in [1.807, 2.05) is 0 Å². The Balaban J connectivity index is 3.28. The lowest BCUT2D eigenvalue weighted by molar-refractivity contribution is -0.245. The second-order valence-corrected chi connectivity index (χ2v) is 9.72. The summed E-state index contributed by atoms with van der Waals surface area (Å²) in [7, 11) is -12.4. The molecule has 26 heavy (non-hydrogen) atoms. The highest BCUT2D eigenvalue weighted by atomic mass is 32.2. The summed E-state index contributed by atoms with van der Waals surface area (Å²) in [6.45, 7) is -0.880. The molecule has 0 spiro atoms. The molecule has 1 amide bonds. The van der Waals surface area contributed by atoms with Crippen LogP contribution in [0.2, 0.25) is 0 Å². The van der Waals surface area contributed by atoms with Crippen molar-refractivity contribution in [1.29, 1.82) is 0 Å². The van der Waals surface area contributed by atoms with E-state index in [4.69, 9.17) is 0 Å². The lowest BCUT2D eigenvalue weighted by Gasteiger charge is -2.38. The molecule has 7 nitrogen and oxygen atoms in total. The minimum atomic E-state index is -6.72. The van der Waals surface area contributed by atoms with Gasteiger partial charge in [0, 0.05) is 33.1 Å². The Kier molecular flexibility index (Phi) is 6.02. The van der Waals surface area contributed by atoms with Gasteiger partial charge in [-0.25, -0.2) is 16.8 Å². The van der Waals surface area contributed by atoms with E-state index in [9.17, 15) is 48.0 Å². The molecule has 0 aromatic rings. The van der Waals surface area contributed by atoms with Crippen LogP contribution in [-0.4, -0.2) is 80.3 Å². The molecule has 0 unspecified atom stereocenters. The van der Waals surface area contributed by atoms with E-state index in [2.05, 4.69) is 0 Å². The molecule has 15 heteroatoms. The van der Waals surface area contributed by atoms with Gasteiger partial charge in [-0.05, 0) is 0 Å². The maximum Gasteiger partial charge on any atom is 0.428 e. The van der Waals surface area contributed by atoms with Crippen molar-refractivity contribution in [3.63, 3.8) is 0 Å². The summed E-state index contributed by atoms with van der Waals surface area (Å²) in [5.41, 5.74) is 0. The molecule has 0 aromatic heterocycles. The minimum Gasteiger partial charge on any atom is -0.340 e. The van der Waals surface area contributed by atoms with Crippen molar-refractivity contribution in [2.75, 3.05) is 31.9 Å². The second kappa shape index (κ2) is 6.82. The third-order valence-corrected chi connectivity index (χ3v) is 7.60. The molecular weight excluding hydrogens is 418 g/mol. The van der Waals surface area contributed by atoms with Gasteiger partial charge in [-0.1, -0.05) is 6.92 Å². The molecule has 1 fully saturated rings. The molecule has 0 saturated carbocycles. The van der Waals surface area contributed by atoms with E-state index < -0.39 is 74.1 Å². The van der Waals surface area contributed by atoms with Crippen LogP contribution in [0.5, 0.6) is 0 Å². The second-order valence-electron chi connectivity index (χ2n) is 5.42. The van der Waals surface area contributed by atoms with Crippen LogP contribution in [0.1, 0.15) is 13.8 Å². The van der Waals surface area contributed by atoms with Gasteiger partial charge in [0.2, 0.25) is 15.7 Å². The van der Waals surface area contributed by atoms with Gasteiger partial charge in [-0.15, -0.1) is 0 Å². The van der Waals surface area contributed by atoms with E-state index >= 15 is 0 Å². The van der Waals surface area contributed by atoms with Crippen molar-refractivity contribution in [1.82, 2.24) is 9.21 Å². The highest BCUT2D eigenvalue weighted by Crippen LogP contribution is 2.51. The standard InChI is InChI=1S/C11H16F6N2O5S2/c1-3-25(21,22)10(14,15)9(12,13)11(16,17)26(23,24)19-6-4-18(5-7-19)8(2)20/h3-7H2,1-2H3. The number of nitrogens with zero attached hydrogens (tertiary/aromatic N) is 2. The van der Waals surface area contributed by atoms with Gasteiger partial charge in [0.25, 0.3) is 10.0 Å². The van der Waals surface area contributed by atoms with Gasteiger partial charge in [0.1, 0.15) is 0 Å². The Bertz CT molecular complexity index is 760. The Morgan fingerprint density at radius 3 is 1.65 bits per heavy atom. The topological polar surface area (TPSA) is 91.8 Å². The summed E-state index contributed by atoms with van der Waals surface area (Å²) < 4.78 is 128. The molecule has 1 rings (SSSR count). The Labute approximate surface area is 145 Å². The fraction of sp³-hybridized carbons (Fsp3) is 0.909. The van der Waals surface area contributed by atoms with Gasteiger partial charge in [0.05, 0.1) is 5.75 Å². The first-order valence-electron chi connectivity index (χ1n) is 7.08. The van der Waals surface area contributed by atoms with Crippen molar-refractivity contribution >= 4 is 25.8 Å². The molecule has 0 aliphatic carbocycles. The first kappa shape index (κ1) is 23.0. The van der Waals surface area contributed by atoms with Crippen LogP contribution in [-0.2, 0) is 24.7 Å². The van der Waals surface area contributed by atoms with Crippen LogP contribution in [0.3, 0.4) is 0 Å². The number of alkyl halides is 6. The zero-order chi connectivity index (χ0) is 20.8. The van der Waals surface area contributed by atoms with Gasteiger partial charge < -0.3 is 4.90 Å². The van der Waals surface area contributed by atoms with Gasteiger partial charge in [0.15, 0.2) is 0 Å². The van der Waals surface area contributed by atoms with E-state index in [1.165, 1.54) is 0 Å². The first-order valence-corrected chi connectivity index (χ1v) is 10.2. The molecule has 0 bridgehead atoms. The fourth-order valence-corrected chi connectivity index (χ4v) is 4.48. The number of hydrogen-bond donors (Lipinski definition) is 0. The van der Waals surface area contributed by atoms with Crippen LogP contribution in [0.15, 0.2) is 0 Å². The average Bonchev–Trinajstić information content (AvgIpc) is 2.54. The molecular formula is C11H16F6N2O5S2. The molecule has 1 saturated heterocycles. The van der Waals surface area contributed by atoms with Gasteiger partial charge >= 0.3 is 16.4 Å². The molecule has 1 aliphatic heterocycles. The summed E-state index contributed by atoms with van der Waals surface area (Å²) in [6, 6.07) is 0. The Hall–Kier alpha value is -1.09. The van der Waals surface area contributed by atoms with Crippen molar-refractivity contribution in [3.8, 4) is 0 Å². The van der Waals surface area contributed by atoms with Crippen molar-refractivity contribution in [2.24, 2.45) is 0 Å². The summed E-state index contributed by atoms with van der Waals surface area (Å²) in [6.07, 6.45) is 0. The van der Waals surface area contributed by atoms with Crippen LogP contribution in [0.25, 0.3) is 0 Å². The van der Waals surface area contributed by atoms with Crippen molar-refractivity contribution < 1.29 is 48.0 Å². The summed E-state index contributed by atoms with van der Waals surface area (Å²) >= 11 is 0. The molecule has 0 N–H and O–H groups in total. The maximum absolute atomic E-state index is 14.0. The van der Waals surface area contributed by atoms with Crippen LogP contribution >= 0.6 is 0 Å². The molecule has 0 radical (unpaired) electrons. The van der Waals surface area contributed by atoms with Gasteiger partial charge in [-0.2, -0.15) is 30.6 Å². The smallest absolute Gasteiger partial charge is 0.340 e. The third kappa shape index (κ3) is 3.28. The fourth-order valence-electron chi connectivity index (χ4n) is 2.11. The predicted octanol–water partition coefficient (Wildman–Crippen LogP) is 0.736. The summed E-state index contributed by atoms with van der Waals surface area (Å²) in [5.74, 6) is -8.85. The predicted molar refractivity (Wildman–Crippen MR) is 77.0 cm³/mol. The van der Waals surface area contributed by atoms with E-state index in [0.29, 0.717) is 6.92 Å². The number of piperazine rings is 1. The Morgan fingerprint density at radius 1 is 0.885 bits per heavy atom. The normalized spacial score (nSPS) is 18.8. The summed E-state index contributed by atoms with van der Waals surface area (Å²) in [4.78, 5) is 12.2. The lowest BCUT2D eigenvalue weighted by atomic mass is 10.3. The number of carbonyl (C=O) groups is 1. The number of sulfonamides is 1. The van der Waals surface area contributed by atoms with E-state index in [1.54, 1.807) is 0 Å². The van der Waals surface area contributed by atoms with Gasteiger partial charge in [-0.3, -0.25) is 4.79 Å². The number of amides is 1. The van der Waals surface area contributed by atoms with Crippen molar-refractivity contribution in [2.45, 2.75) is 30.3 Å². The zero-order valence-corrected chi connectivity index (χ0v) is 15.2. The molecule has 1 aliphatic rings. The number of sulfone groups is 1. The van der Waals surface area contributed by atoms with E-state index in [-0.39, 0.29) is 4.31 Å². The number of halogens is 6. The van der Waals surface area contributed by atoms with Crippen LogP contribution in [0.4, 0.5) is 26.3 Å². The third-order valence-electron chi connectivity index (χ3n) is 3.85. The van der Waals surface area contributed by atoms with Crippen LogP contribution in [0, 0.1) is 0 Å². The lowest BCUT2D eigenvalue weighted by Crippen LogP contribution is -2.64. The van der Waals surface area contributed by atoms with Crippen molar-refractivity contribution in [3.05, 3.63) is 0 Å². The monoisotopic (exact) mass is 434 g/mol. The zero-order valence-electron chi connectivity index (χ0n) is 13.6. The number of carbonyl (C=O) groups excluding carboxylic acids is 1. The first-order chi connectivity index (χ1) is 11.5. The largest absolute Gasteiger partial charge is 0.428 e.